The first-order valence-corrected chi connectivity index (χ1v) is 10.5. The van der Waals surface area contributed by atoms with Gasteiger partial charge in [0, 0.05) is 32.3 Å². The number of fused-ring (bicyclic) bond motifs is 1. The van der Waals surface area contributed by atoms with Gasteiger partial charge < -0.3 is 14.5 Å². The first-order valence-electron chi connectivity index (χ1n) is 10.5. The summed E-state index contributed by atoms with van der Waals surface area (Å²) in [5.74, 6) is 1.35. The Kier molecular flexibility index (Phi) is 6.92. The molecule has 1 aromatic heterocycles. The van der Waals surface area contributed by atoms with Crippen LogP contribution in [0.25, 0.3) is 12.2 Å². The quantitative estimate of drug-likeness (QED) is 0.568. The van der Waals surface area contributed by atoms with Crippen LogP contribution in [0.2, 0.25) is 0 Å². The number of benzene rings is 2. The first-order chi connectivity index (χ1) is 15.2. The predicted octanol–water partition coefficient (Wildman–Crippen LogP) is 3.52. The average molecular weight is 418 g/mol. The molecule has 1 aliphatic heterocycles. The normalized spacial score (nSPS) is 14.0. The van der Waals surface area contributed by atoms with E-state index in [1.54, 1.807) is 7.11 Å². The molecule has 0 spiro atoms. The van der Waals surface area contributed by atoms with Gasteiger partial charge in [-0.15, -0.1) is 0 Å². The number of hydrogen-bond acceptors (Lipinski definition) is 5. The largest absolute Gasteiger partial charge is 0.491 e. The Balaban J connectivity index is 1.47. The maximum Gasteiger partial charge on any atom is 0.254 e. The number of aromatic amines is 1. The number of rotatable bonds is 8. The molecule has 0 fully saturated rings. The fraction of sp³-hybridized carbons (Fsp3) is 0.280. The van der Waals surface area contributed by atoms with Gasteiger partial charge in [0.05, 0.1) is 12.3 Å². The highest BCUT2D eigenvalue weighted by Gasteiger charge is 2.20. The van der Waals surface area contributed by atoms with Gasteiger partial charge in [-0.3, -0.25) is 9.69 Å². The van der Waals surface area contributed by atoms with E-state index in [9.17, 15) is 4.79 Å². The van der Waals surface area contributed by atoms with Crippen LogP contribution in [0, 0.1) is 0 Å². The van der Waals surface area contributed by atoms with Crippen molar-refractivity contribution in [2.75, 3.05) is 26.9 Å². The minimum atomic E-state index is -0.0411. The minimum Gasteiger partial charge on any atom is -0.491 e. The van der Waals surface area contributed by atoms with Crippen LogP contribution in [0.5, 0.6) is 5.75 Å². The third-order valence-corrected chi connectivity index (χ3v) is 5.27. The summed E-state index contributed by atoms with van der Waals surface area (Å²) >= 11 is 0. The van der Waals surface area contributed by atoms with Crippen molar-refractivity contribution in [3.8, 4) is 5.75 Å². The lowest BCUT2D eigenvalue weighted by Gasteiger charge is -2.27. The molecule has 1 N–H and O–H groups in total. The van der Waals surface area contributed by atoms with Crippen LogP contribution in [-0.2, 0) is 24.2 Å². The molecule has 6 heteroatoms. The van der Waals surface area contributed by atoms with Crippen LogP contribution >= 0.6 is 0 Å². The predicted molar refractivity (Wildman–Crippen MR) is 122 cm³/mol. The molecular formula is C25H27N3O3. The van der Waals surface area contributed by atoms with Gasteiger partial charge in [-0.25, -0.2) is 4.98 Å². The highest BCUT2D eigenvalue weighted by Crippen LogP contribution is 2.18. The molecule has 0 radical (unpaired) electrons. The molecule has 160 valence electrons. The monoisotopic (exact) mass is 417 g/mol. The molecule has 6 nitrogen and oxygen atoms in total. The van der Waals surface area contributed by atoms with E-state index >= 15 is 0 Å². The Labute approximate surface area is 182 Å². The van der Waals surface area contributed by atoms with Crippen LogP contribution in [0.1, 0.15) is 28.2 Å². The van der Waals surface area contributed by atoms with Gasteiger partial charge in [-0.05, 0) is 35.8 Å². The Morgan fingerprint density at radius 1 is 1.10 bits per heavy atom. The minimum absolute atomic E-state index is 0.0411. The number of methoxy groups -OCH3 is 1. The molecule has 2 aromatic carbocycles. The summed E-state index contributed by atoms with van der Waals surface area (Å²) in [7, 11) is 1.65. The summed E-state index contributed by atoms with van der Waals surface area (Å²) in [5.41, 5.74) is 3.86. The maximum atomic E-state index is 12.6. The molecule has 4 rings (SSSR count). The van der Waals surface area contributed by atoms with Crippen LogP contribution in [0.3, 0.4) is 0 Å². The molecule has 0 unspecified atom stereocenters. The second-order valence-corrected chi connectivity index (χ2v) is 7.57. The zero-order valence-electron chi connectivity index (χ0n) is 17.7. The number of nitrogens with one attached hydrogen (secondary N) is 1. The molecule has 0 saturated carbocycles. The maximum absolute atomic E-state index is 12.6. The number of nitrogens with zero attached hydrogens (tertiary/aromatic N) is 2. The summed E-state index contributed by atoms with van der Waals surface area (Å²) in [4.78, 5) is 22.6. The Hall–Kier alpha value is -3.22. The van der Waals surface area contributed by atoms with E-state index in [0.717, 1.165) is 42.1 Å². The van der Waals surface area contributed by atoms with Crippen molar-refractivity contribution in [2.24, 2.45) is 0 Å². The third-order valence-electron chi connectivity index (χ3n) is 5.27. The van der Waals surface area contributed by atoms with Crippen LogP contribution in [-0.4, -0.2) is 41.7 Å². The average Bonchev–Trinajstić information content (AvgIpc) is 2.79. The highest BCUT2D eigenvalue weighted by atomic mass is 16.5. The molecule has 3 aromatic rings. The number of ether oxygens (including phenoxy) is 2. The van der Waals surface area contributed by atoms with Gasteiger partial charge >= 0.3 is 0 Å². The second kappa shape index (κ2) is 10.2. The van der Waals surface area contributed by atoms with Gasteiger partial charge in [0.1, 0.15) is 18.2 Å². The Morgan fingerprint density at radius 2 is 1.97 bits per heavy atom. The van der Waals surface area contributed by atoms with Gasteiger partial charge in [0.25, 0.3) is 5.56 Å². The molecule has 1 aliphatic rings. The van der Waals surface area contributed by atoms with Crippen molar-refractivity contribution >= 4 is 12.2 Å². The lowest BCUT2D eigenvalue weighted by molar-refractivity contribution is 0.146. The highest BCUT2D eigenvalue weighted by molar-refractivity contribution is 5.67. The van der Waals surface area contributed by atoms with Gasteiger partial charge in [-0.2, -0.15) is 0 Å². The fourth-order valence-corrected chi connectivity index (χ4v) is 3.69. The molecule has 0 aliphatic carbocycles. The van der Waals surface area contributed by atoms with E-state index < -0.39 is 0 Å². The van der Waals surface area contributed by atoms with Crippen molar-refractivity contribution in [2.45, 2.75) is 19.5 Å². The summed E-state index contributed by atoms with van der Waals surface area (Å²) in [6, 6.07) is 18.2. The van der Waals surface area contributed by atoms with Crippen molar-refractivity contribution < 1.29 is 9.47 Å². The molecular weight excluding hydrogens is 390 g/mol. The zero-order chi connectivity index (χ0) is 21.5. The smallest absolute Gasteiger partial charge is 0.254 e. The Bertz CT molecular complexity index is 1090. The van der Waals surface area contributed by atoms with Crippen molar-refractivity contribution in [1.82, 2.24) is 14.9 Å². The lowest BCUT2D eigenvalue weighted by atomic mass is 10.1. The van der Waals surface area contributed by atoms with Crippen LogP contribution in [0.15, 0.2) is 59.4 Å². The number of hydrogen-bond donors (Lipinski definition) is 1. The summed E-state index contributed by atoms with van der Waals surface area (Å²) in [6.07, 6.45) is 4.49. The number of H-pyrrole nitrogens is 1. The van der Waals surface area contributed by atoms with Gasteiger partial charge in [-0.1, -0.05) is 48.5 Å². The molecule has 31 heavy (non-hydrogen) atoms. The summed E-state index contributed by atoms with van der Waals surface area (Å²) in [5, 5.41) is 0. The van der Waals surface area contributed by atoms with Crippen molar-refractivity contribution in [3.63, 3.8) is 0 Å². The summed E-state index contributed by atoms with van der Waals surface area (Å²) in [6.45, 7) is 3.44. The van der Waals surface area contributed by atoms with E-state index in [2.05, 4.69) is 34.1 Å². The second-order valence-electron chi connectivity index (χ2n) is 7.57. The standard InChI is InChI=1S/C25H27N3O3/c1-30-14-15-31-21-9-5-8-19(16-21)10-11-24-26-23-18-28(13-12-22(23)25(29)27-24)17-20-6-3-2-4-7-20/h2-11,16H,12-15,17-18H2,1H3,(H,26,27,29)/b11-10+. The molecule has 2 heterocycles. The molecule has 0 atom stereocenters. The van der Waals surface area contributed by atoms with Crippen LogP contribution < -0.4 is 10.3 Å². The van der Waals surface area contributed by atoms with Crippen molar-refractivity contribution in [1.29, 1.82) is 0 Å². The van der Waals surface area contributed by atoms with E-state index in [0.29, 0.717) is 25.6 Å². The first kappa shape index (κ1) is 21.0. The number of aromatic nitrogens is 2. The van der Waals surface area contributed by atoms with Crippen molar-refractivity contribution in [3.05, 3.63) is 93.2 Å². The van der Waals surface area contributed by atoms with E-state index in [4.69, 9.17) is 14.5 Å². The topological polar surface area (TPSA) is 67.5 Å². The SMILES string of the molecule is COCCOc1cccc(/C=C/c2nc3c(c(=O)[nH]2)CCN(Cc2ccccc2)C3)c1. The Morgan fingerprint density at radius 3 is 2.81 bits per heavy atom. The third kappa shape index (κ3) is 5.69. The zero-order valence-corrected chi connectivity index (χ0v) is 17.7. The van der Waals surface area contributed by atoms with E-state index in [1.165, 1.54) is 5.56 Å². The lowest BCUT2D eigenvalue weighted by Crippen LogP contribution is -2.35. The fourth-order valence-electron chi connectivity index (χ4n) is 3.69. The molecule has 0 amide bonds. The summed E-state index contributed by atoms with van der Waals surface area (Å²) < 4.78 is 10.7. The van der Waals surface area contributed by atoms with Gasteiger partial charge in [0.15, 0.2) is 0 Å². The van der Waals surface area contributed by atoms with E-state index in [1.807, 2.05) is 42.5 Å². The van der Waals surface area contributed by atoms with Crippen LogP contribution in [0.4, 0.5) is 0 Å². The molecule has 0 saturated heterocycles. The molecule has 0 bridgehead atoms. The van der Waals surface area contributed by atoms with Gasteiger partial charge in [0.2, 0.25) is 0 Å². The van der Waals surface area contributed by atoms with E-state index in [-0.39, 0.29) is 5.56 Å².